The van der Waals surface area contributed by atoms with Crippen molar-refractivity contribution in [1.29, 1.82) is 0 Å². The first-order valence-electron chi connectivity index (χ1n) is 3.04. The largest absolute Gasteiger partial charge is 0.450 e. The fourth-order valence-corrected chi connectivity index (χ4v) is 0.772. The molecular weight excluding hydrogens is 127 g/mol. The van der Waals surface area contributed by atoms with Crippen LogP contribution in [-0.2, 0) is 6.61 Å². The molecule has 1 radical (unpaired) electrons. The van der Waals surface area contributed by atoms with Gasteiger partial charge in [-0.25, -0.2) is 0 Å². The smallest absolute Gasteiger partial charge is 0.326 e. The molecular formula is C7H8BO2. The third-order valence-corrected chi connectivity index (χ3v) is 1.28. The fraction of sp³-hybridized carbons (Fsp3) is 0.143. The molecule has 2 nitrogen and oxygen atoms in total. The van der Waals surface area contributed by atoms with Crippen LogP contribution in [0.3, 0.4) is 0 Å². The highest BCUT2D eigenvalue weighted by Gasteiger charge is 1.93. The van der Waals surface area contributed by atoms with Crippen molar-refractivity contribution in [2.24, 2.45) is 0 Å². The van der Waals surface area contributed by atoms with Gasteiger partial charge in [-0.05, 0) is 5.56 Å². The van der Waals surface area contributed by atoms with Crippen molar-refractivity contribution in [3.05, 3.63) is 29.8 Å². The Morgan fingerprint density at radius 3 is 2.80 bits per heavy atom. The molecule has 0 unspecified atom stereocenters. The fourth-order valence-electron chi connectivity index (χ4n) is 0.772. The van der Waals surface area contributed by atoms with Gasteiger partial charge in [0.25, 0.3) is 0 Å². The first-order chi connectivity index (χ1) is 4.86. The molecule has 3 heteroatoms. The van der Waals surface area contributed by atoms with Gasteiger partial charge in [-0.1, -0.05) is 29.7 Å². The van der Waals surface area contributed by atoms with E-state index in [2.05, 4.69) is 0 Å². The maximum Gasteiger partial charge on any atom is 0.326 e. The maximum atomic E-state index is 8.66. The van der Waals surface area contributed by atoms with Gasteiger partial charge in [0, 0.05) is 0 Å². The lowest BCUT2D eigenvalue weighted by Crippen LogP contribution is -2.13. The Morgan fingerprint density at radius 1 is 1.40 bits per heavy atom. The van der Waals surface area contributed by atoms with E-state index in [1.54, 1.807) is 24.3 Å². The molecule has 0 aliphatic carbocycles. The summed E-state index contributed by atoms with van der Waals surface area (Å²) in [5.41, 5.74) is 1.52. The topological polar surface area (TPSA) is 40.5 Å². The highest BCUT2D eigenvalue weighted by atomic mass is 16.3. The molecule has 0 bridgehead atoms. The quantitative estimate of drug-likeness (QED) is 0.532. The molecule has 0 spiro atoms. The number of aliphatic hydroxyl groups is 1. The number of rotatable bonds is 2. The summed E-state index contributed by atoms with van der Waals surface area (Å²) in [6, 6.07) is 7.07. The predicted octanol–water partition coefficient (Wildman–Crippen LogP) is -0.584. The van der Waals surface area contributed by atoms with Crippen LogP contribution in [0.5, 0.6) is 0 Å². The molecule has 0 saturated heterocycles. The number of hydrogen-bond acceptors (Lipinski definition) is 2. The van der Waals surface area contributed by atoms with E-state index in [0.29, 0.717) is 5.46 Å². The first-order valence-corrected chi connectivity index (χ1v) is 3.04. The number of benzene rings is 1. The van der Waals surface area contributed by atoms with Crippen molar-refractivity contribution in [3.63, 3.8) is 0 Å². The van der Waals surface area contributed by atoms with Crippen LogP contribution in [-0.4, -0.2) is 17.6 Å². The second-order valence-electron chi connectivity index (χ2n) is 2.03. The molecule has 0 heterocycles. The molecule has 0 atom stereocenters. The number of aliphatic hydroxyl groups excluding tert-OH is 1. The lowest BCUT2D eigenvalue weighted by Gasteiger charge is -1.96. The lowest BCUT2D eigenvalue weighted by molar-refractivity contribution is 0.282. The zero-order valence-electron chi connectivity index (χ0n) is 5.49. The molecule has 51 valence electrons. The third kappa shape index (κ3) is 1.59. The van der Waals surface area contributed by atoms with E-state index in [9.17, 15) is 0 Å². The Balaban J connectivity index is 2.87. The van der Waals surface area contributed by atoms with Crippen molar-refractivity contribution in [1.82, 2.24) is 0 Å². The second-order valence-corrected chi connectivity index (χ2v) is 2.03. The highest BCUT2D eigenvalue weighted by molar-refractivity contribution is 6.45. The van der Waals surface area contributed by atoms with Crippen LogP contribution in [0, 0.1) is 0 Å². The molecule has 0 saturated carbocycles. The molecule has 10 heavy (non-hydrogen) atoms. The Bertz CT molecular complexity index is 193. The monoisotopic (exact) mass is 135 g/mol. The Kier molecular flexibility index (Phi) is 2.48. The standard InChI is InChI=1S/C7H8BO2/c9-5-6-2-1-3-7(4-6)8-10/h1-4,9-10H,5H2. The van der Waals surface area contributed by atoms with E-state index < -0.39 is 0 Å². The normalized spacial score (nSPS) is 9.40. The molecule has 0 aromatic heterocycles. The summed E-state index contributed by atoms with van der Waals surface area (Å²) in [6.07, 6.45) is 0. The molecule has 0 fully saturated rings. The maximum absolute atomic E-state index is 8.66. The molecule has 2 N–H and O–H groups in total. The van der Waals surface area contributed by atoms with E-state index >= 15 is 0 Å². The van der Waals surface area contributed by atoms with Crippen molar-refractivity contribution in [3.8, 4) is 0 Å². The Hall–Kier alpha value is -0.795. The van der Waals surface area contributed by atoms with E-state index in [1.807, 2.05) is 0 Å². The van der Waals surface area contributed by atoms with Crippen LogP contribution in [0.25, 0.3) is 0 Å². The summed E-state index contributed by atoms with van der Waals surface area (Å²) in [7, 11) is 1.01. The van der Waals surface area contributed by atoms with Crippen molar-refractivity contribution in [2.75, 3.05) is 0 Å². The summed E-state index contributed by atoms with van der Waals surface area (Å²) in [5.74, 6) is 0. The second kappa shape index (κ2) is 3.39. The lowest BCUT2D eigenvalue weighted by atomic mass is 9.88. The molecule has 1 aromatic carbocycles. The van der Waals surface area contributed by atoms with Crippen molar-refractivity contribution < 1.29 is 10.1 Å². The SMILES string of the molecule is O[B]c1cccc(CO)c1. The van der Waals surface area contributed by atoms with Crippen LogP contribution >= 0.6 is 0 Å². The van der Waals surface area contributed by atoms with E-state index in [0.717, 1.165) is 13.0 Å². The van der Waals surface area contributed by atoms with E-state index in [1.165, 1.54) is 0 Å². The molecule has 0 aliphatic rings. The van der Waals surface area contributed by atoms with Crippen molar-refractivity contribution in [2.45, 2.75) is 6.61 Å². The number of hydrogen-bond donors (Lipinski definition) is 2. The van der Waals surface area contributed by atoms with E-state index in [-0.39, 0.29) is 6.61 Å². The van der Waals surface area contributed by atoms with Gasteiger partial charge in [0.05, 0.1) is 6.61 Å². The Labute approximate surface area is 60.4 Å². The Morgan fingerprint density at radius 2 is 2.20 bits per heavy atom. The highest BCUT2D eigenvalue weighted by Crippen LogP contribution is 1.94. The summed E-state index contributed by atoms with van der Waals surface area (Å²) >= 11 is 0. The minimum absolute atomic E-state index is 0.0156. The molecule has 1 rings (SSSR count). The molecule has 1 aromatic rings. The predicted molar refractivity (Wildman–Crippen MR) is 40.0 cm³/mol. The first kappa shape index (κ1) is 7.31. The summed E-state index contributed by atoms with van der Waals surface area (Å²) in [5, 5.41) is 17.2. The summed E-state index contributed by atoms with van der Waals surface area (Å²) in [6.45, 7) is 0.0156. The summed E-state index contributed by atoms with van der Waals surface area (Å²) in [4.78, 5) is 0. The van der Waals surface area contributed by atoms with Crippen LogP contribution in [0.1, 0.15) is 5.56 Å². The van der Waals surface area contributed by atoms with Crippen molar-refractivity contribution >= 4 is 12.9 Å². The van der Waals surface area contributed by atoms with Gasteiger partial charge >= 0.3 is 7.48 Å². The van der Waals surface area contributed by atoms with Gasteiger partial charge in [-0.15, -0.1) is 0 Å². The van der Waals surface area contributed by atoms with Crippen LogP contribution < -0.4 is 5.46 Å². The van der Waals surface area contributed by atoms with Gasteiger partial charge < -0.3 is 10.1 Å². The van der Waals surface area contributed by atoms with Crippen LogP contribution in [0.4, 0.5) is 0 Å². The van der Waals surface area contributed by atoms with Gasteiger partial charge in [0.15, 0.2) is 0 Å². The van der Waals surface area contributed by atoms with Gasteiger partial charge in [-0.2, -0.15) is 0 Å². The van der Waals surface area contributed by atoms with Crippen LogP contribution in [0.15, 0.2) is 24.3 Å². The minimum Gasteiger partial charge on any atom is -0.450 e. The van der Waals surface area contributed by atoms with Gasteiger partial charge in [0.2, 0.25) is 0 Å². The van der Waals surface area contributed by atoms with Gasteiger partial charge in [0.1, 0.15) is 0 Å². The average molecular weight is 135 g/mol. The van der Waals surface area contributed by atoms with E-state index in [4.69, 9.17) is 10.1 Å². The zero-order valence-corrected chi connectivity index (χ0v) is 5.49. The van der Waals surface area contributed by atoms with Crippen LogP contribution in [0.2, 0.25) is 0 Å². The minimum atomic E-state index is 0.0156. The molecule has 0 amide bonds. The third-order valence-electron chi connectivity index (χ3n) is 1.28. The zero-order chi connectivity index (χ0) is 7.40. The summed E-state index contributed by atoms with van der Waals surface area (Å²) < 4.78 is 0. The molecule has 0 aliphatic heterocycles. The van der Waals surface area contributed by atoms with Gasteiger partial charge in [-0.3, -0.25) is 0 Å². The average Bonchev–Trinajstić information content (AvgIpc) is 2.05.